The predicted molar refractivity (Wildman–Crippen MR) is 86.3 cm³/mol. The van der Waals surface area contributed by atoms with Crippen LogP contribution in [0.1, 0.15) is 38.4 Å². The van der Waals surface area contributed by atoms with E-state index in [0.29, 0.717) is 18.3 Å². The van der Waals surface area contributed by atoms with Crippen LogP contribution in [0, 0.1) is 0 Å². The van der Waals surface area contributed by atoms with Gasteiger partial charge in [0.15, 0.2) is 0 Å². The summed E-state index contributed by atoms with van der Waals surface area (Å²) in [6.45, 7) is 5.51. The second-order valence-electron chi connectivity index (χ2n) is 6.31. The van der Waals surface area contributed by atoms with Gasteiger partial charge in [-0.1, -0.05) is 0 Å². The Balaban J connectivity index is 1.78. The molecule has 6 nitrogen and oxygen atoms in total. The summed E-state index contributed by atoms with van der Waals surface area (Å²) in [4.78, 5) is 11.5. The van der Waals surface area contributed by atoms with Gasteiger partial charge in [0.2, 0.25) is 0 Å². The molecule has 2 fully saturated rings. The maximum Gasteiger partial charge on any atom is 0.135 e. The third kappa shape index (κ3) is 4.08. The molecular formula is C16H26N4O2. The number of aliphatic hydroxyl groups is 1. The Morgan fingerprint density at radius 1 is 1.32 bits per heavy atom. The van der Waals surface area contributed by atoms with Gasteiger partial charge in [0, 0.05) is 44.8 Å². The fourth-order valence-corrected chi connectivity index (χ4v) is 3.07. The molecule has 0 bridgehead atoms. The van der Waals surface area contributed by atoms with E-state index in [1.165, 1.54) is 12.8 Å². The van der Waals surface area contributed by atoms with E-state index in [9.17, 15) is 5.11 Å². The molecule has 0 amide bonds. The number of ether oxygens (including phenoxy) is 1. The summed E-state index contributed by atoms with van der Waals surface area (Å²) >= 11 is 0. The zero-order valence-corrected chi connectivity index (χ0v) is 13.3. The second kappa shape index (κ2) is 7.24. The first-order chi connectivity index (χ1) is 10.7. The molecule has 3 rings (SSSR count). The molecule has 3 heterocycles. The van der Waals surface area contributed by atoms with Crippen LogP contribution in [-0.4, -0.2) is 53.5 Å². The number of hydrogen-bond donors (Lipinski definition) is 2. The van der Waals surface area contributed by atoms with Crippen LogP contribution in [0.15, 0.2) is 6.07 Å². The maximum atomic E-state index is 9.64. The molecule has 0 saturated carbocycles. The van der Waals surface area contributed by atoms with Crippen LogP contribution in [0.3, 0.4) is 0 Å². The van der Waals surface area contributed by atoms with Crippen molar-refractivity contribution in [3.8, 4) is 0 Å². The standard InChI is InChI=1S/C16H26N4O2/c1-12(21)10-14-18-15(17-13-4-8-22-9-5-13)11-16(19-14)20-6-2-3-7-20/h11-13,21H,2-10H2,1H3,(H,17,18,19). The largest absolute Gasteiger partial charge is 0.393 e. The van der Waals surface area contributed by atoms with E-state index in [4.69, 9.17) is 4.74 Å². The van der Waals surface area contributed by atoms with Gasteiger partial charge in [-0.05, 0) is 32.6 Å². The van der Waals surface area contributed by atoms with Gasteiger partial charge in [0.05, 0.1) is 6.10 Å². The van der Waals surface area contributed by atoms with Crippen LogP contribution >= 0.6 is 0 Å². The molecule has 1 aromatic rings. The van der Waals surface area contributed by atoms with Crippen LogP contribution < -0.4 is 10.2 Å². The minimum absolute atomic E-state index is 0.412. The minimum atomic E-state index is -0.426. The minimum Gasteiger partial charge on any atom is -0.393 e. The van der Waals surface area contributed by atoms with E-state index >= 15 is 0 Å². The van der Waals surface area contributed by atoms with E-state index in [1.807, 2.05) is 6.07 Å². The number of rotatable bonds is 5. The molecule has 0 spiro atoms. The molecule has 1 aromatic heterocycles. The Kier molecular flexibility index (Phi) is 5.10. The van der Waals surface area contributed by atoms with Crippen LogP contribution in [0.5, 0.6) is 0 Å². The first-order valence-electron chi connectivity index (χ1n) is 8.36. The molecule has 6 heteroatoms. The molecule has 22 heavy (non-hydrogen) atoms. The van der Waals surface area contributed by atoms with Crippen LogP contribution in [-0.2, 0) is 11.2 Å². The second-order valence-corrected chi connectivity index (χ2v) is 6.31. The average Bonchev–Trinajstić information content (AvgIpc) is 3.01. The Labute approximate surface area is 131 Å². The summed E-state index contributed by atoms with van der Waals surface area (Å²) in [7, 11) is 0. The van der Waals surface area contributed by atoms with Crippen molar-refractivity contribution in [2.45, 2.75) is 51.2 Å². The number of hydrogen-bond acceptors (Lipinski definition) is 6. The lowest BCUT2D eigenvalue weighted by molar-refractivity contribution is 0.0904. The van der Waals surface area contributed by atoms with E-state index in [0.717, 1.165) is 50.8 Å². The van der Waals surface area contributed by atoms with Gasteiger partial charge < -0.3 is 20.1 Å². The van der Waals surface area contributed by atoms with E-state index < -0.39 is 6.10 Å². The van der Waals surface area contributed by atoms with Crippen molar-refractivity contribution < 1.29 is 9.84 Å². The third-order valence-electron chi connectivity index (χ3n) is 4.24. The lowest BCUT2D eigenvalue weighted by Crippen LogP contribution is -2.29. The molecule has 0 aliphatic carbocycles. The summed E-state index contributed by atoms with van der Waals surface area (Å²) in [5.41, 5.74) is 0. The Hall–Kier alpha value is -1.40. The first kappa shape index (κ1) is 15.5. The van der Waals surface area contributed by atoms with Crippen molar-refractivity contribution in [1.82, 2.24) is 9.97 Å². The van der Waals surface area contributed by atoms with Gasteiger partial charge in [0.1, 0.15) is 17.5 Å². The van der Waals surface area contributed by atoms with Crippen molar-refractivity contribution in [1.29, 1.82) is 0 Å². The lowest BCUT2D eigenvalue weighted by atomic mass is 10.1. The SMILES string of the molecule is CC(O)Cc1nc(NC2CCOCC2)cc(N2CCCC2)n1. The average molecular weight is 306 g/mol. The number of anilines is 2. The maximum absolute atomic E-state index is 9.64. The van der Waals surface area contributed by atoms with E-state index in [-0.39, 0.29) is 0 Å². The van der Waals surface area contributed by atoms with Gasteiger partial charge in [0.25, 0.3) is 0 Å². The van der Waals surface area contributed by atoms with Crippen molar-refractivity contribution in [2.24, 2.45) is 0 Å². The number of aliphatic hydroxyl groups excluding tert-OH is 1. The first-order valence-corrected chi connectivity index (χ1v) is 8.36. The van der Waals surface area contributed by atoms with Crippen molar-refractivity contribution >= 4 is 11.6 Å². The van der Waals surface area contributed by atoms with Gasteiger partial charge in [-0.25, -0.2) is 9.97 Å². The highest BCUT2D eigenvalue weighted by Crippen LogP contribution is 2.22. The van der Waals surface area contributed by atoms with Crippen molar-refractivity contribution in [3.05, 3.63) is 11.9 Å². The van der Waals surface area contributed by atoms with Gasteiger partial charge in [-0.2, -0.15) is 0 Å². The molecule has 2 N–H and O–H groups in total. The highest BCUT2D eigenvalue weighted by molar-refractivity contribution is 5.50. The van der Waals surface area contributed by atoms with Crippen LogP contribution in [0.4, 0.5) is 11.6 Å². The van der Waals surface area contributed by atoms with Crippen LogP contribution in [0.25, 0.3) is 0 Å². The smallest absolute Gasteiger partial charge is 0.135 e. The fraction of sp³-hybridized carbons (Fsp3) is 0.750. The Bertz CT molecular complexity index is 483. The number of nitrogens with one attached hydrogen (secondary N) is 1. The highest BCUT2D eigenvalue weighted by Gasteiger charge is 2.19. The summed E-state index contributed by atoms with van der Waals surface area (Å²) in [5.74, 6) is 2.58. The van der Waals surface area contributed by atoms with Crippen LogP contribution in [0.2, 0.25) is 0 Å². The molecule has 2 aliphatic heterocycles. The predicted octanol–water partition coefficient (Wildman–Crippen LogP) is 1.59. The summed E-state index contributed by atoms with van der Waals surface area (Å²) < 4.78 is 5.40. The molecule has 0 aromatic carbocycles. The van der Waals surface area contributed by atoms with Crippen molar-refractivity contribution in [3.63, 3.8) is 0 Å². The van der Waals surface area contributed by atoms with E-state index in [2.05, 4.69) is 20.2 Å². The monoisotopic (exact) mass is 306 g/mol. The number of aromatic nitrogens is 2. The molecule has 122 valence electrons. The summed E-state index contributed by atoms with van der Waals surface area (Å²) in [6, 6.07) is 2.46. The normalized spacial score (nSPS) is 21.1. The molecule has 2 aliphatic rings. The summed E-state index contributed by atoms with van der Waals surface area (Å²) in [5, 5.41) is 13.2. The van der Waals surface area contributed by atoms with E-state index in [1.54, 1.807) is 6.92 Å². The third-order valence-corrected chi connectivity index (χ3v) is 4.24. The Morgan fingerprint density at radius 3 is 2.73 bits per heavy atom. The fourth-order valence-electron chi connectivity index (χ4n) is 3.07. The molecular weight excluding hydrogens is 280 g/mol. The molecule has 2 saturated heterocycles. The van der Waals surface area contributed by atoms with Gasteiger partial charge >= 0.3 is 0 Å². The van der Waals surface area contributed by atoms with Gasteiger partial charge in [-0.3, -0.25) is 0 Å². The molecule has 1 atom stereocenters. The highest BCUT2D eigenvalue weighted by atomic mass is 16.5. The van der Waals surface area contributed by atoms with Crippen molar-refractivity contribution in [2.75, 3.05) is 36.5 Å². The summed E-state index contributed by atoms with van der Waals surface area (Å²) in [6.07, 6.45) is 4.52. The number of nitrogens with zero attached hydrogens (tertiary/aromatic N) is 3. The van der Waals surface area contributed by atoms with Gasteiger partial charge in [-0.15, -0.1) is 0 Å². The Morgan fingerprint density at radius 2 is 2.05 bits per heavy atom. The topological polar surface area (TPSA) is 70.5 Å². The lowest BCUT2D eigenvalue weighted by Gasteiger charge is -2.25. The zero-order chi connectivity index (χ0) is 15.4. The zero-order valence-electron chi connectivity index (χ0n) is 13.3. The molecule has 1 unspecified atom stereocenters. The quantitative estimate of drug-likeness (QED) is 0.861. The molecule has 0 radical (unpaired) electrons.